The van der Waals surface area contributed by atoms with Gasteiger partial charge in [-0.3, -0.25) is 0 Å². The number of nitrogens with one attached hydrogen (secondary N) is 1. The number of hydrogen-bond donors (Lipinski definition) is 1. The Kier molecular flexibility index (Phi) is 12.6. The van der Waals surface area contributed by atoms with E-state index in [2.05, 4.69) is 5.32 Å². The third-order valence-corrected chi connectivity index (χ3v) is 4.12. The molecule has 0 heterocycles. The summed E-state index contributed by atoms with van der Waals surface area (Å²) in [7, 11) is -2.63. The van der Waals surface area contributed by atoms with E-state index in [1.807, 2.05) is 18.5 Å². The Labute approximate surface area is 147 Å². The number of hydrogen-bond acceptors (Lipinski definition) is 4. The number of rotatable bonds is 11. The molecular weight excluding hydrogens is 402 g/mol. The zero-order valence-electron chi connectivity index (χ0n) is 14.3. The smallest absolute Gasteiger partial charge is 0.323 e. The molecular formula is C13H23F8NO3S. The second-order valence-electron chi connectivity index (χ2n) is 5.47. The van der Waals surface area contributed by atoms with Crippen molar-refractivity contribution in [1.82, 2.24) is 5.32 Å². The molecule has 0 saturated carbocycles. The molecule has 0 amide bonds. The van der Waals surface area contributed by atoms with Crippen LogP contribution in [0.15, 0.2) is 0 Å². The van der Waals surface area contributed by atoms with Crippen molar-refractivity contribution in [3.63, 3.8) is 0 Å². The van der Waals surface area contributed by atoms with Crippen LogP contribution in [0.1, 0.15) is 51.4 Å². The standard InChI is InChI=1S/C11H16F8O3S.C2H7N/c12-9(13,11(17,18)23(20,21)22-19)7-5-3-1-2-4-6-8-10(14,15)16;1-3-2/h1-8H2;3H,1-2H3. The summed E-state index contributed by atoms with van der Waals surface area (Å²) in [5, 5.41) is -2.96. The van der Waals surface area contributed by atoms with Gasteiger partial charge >= 0.3 is 27.5 Å². The first-order valence-corrected chi connectivity index (χ1v) is 9.05. The summed E-state index contributed by atoms with van der Waals surface area (Å²) in [6, 6.07) is 0. The highest BCUT2D eigenvalue weighted by Gasteiger charge is 2.66. The van der Waals surface area contributed by atoms with Crippen LogP contribution < -0.4 is 5.32 Å². The van der Waals surface area contributed by atoms with Gasteiger partial charge in [0, 0.05) is 12.8 Å². The minimum atomic E-state index is -6.38. The van der Waals surface area contributed by atoms with Gasteiger partial charge in [-0.15, -0.1) is 0 Å². The summed E-state index contributed by atoms with van der Waals surface area (Å²) < 4.78 is 122. The normalized spacial score (nSPS) is 13.3. The lowest BCUT2D eigenvalue weighted by Crippen LogP contribution is -2.47. The summed E-state index contributed by atoms with van der Waals surface area (Å²) in [6.45, 7) is 0. The van der Waals surface area contributed by atoms with Gasteiger partial charge in [0.25, 0.3) is 0 Å². The monoisotopic (exact) mass is 425 g/mol. The Balaban J connectivity index is 0. The highest BCUT2D eigenvalue weighted by atomic mass is 32.2. The van der Waals surface area contributed by atoms with Crippen molar-refractivity contribution in [3.05, 3.63) is 0 Å². The van der Waals surface area contributed by atoms with Crippen LogP contribution in [0.4, 0.5) is 35.3 Å². The minimum absolute atomic E-state index is 0.00574. The highest BCUT2D eigenvalue weighted by molar-refractivity contribution is 7.87. The molecule has 0 atom stereocenters. The first-order chi connectivity index (χ1) is 11.7. The Bertz CT molecular complexity index is 468. The molecule has 4 nitrogen and oxygen atoms in total. The van der Waals surface area contributed by atoms with Gasteiger partial charge in [0.2, 0.25) is 0 Å². The molecule has 0 radical (unpaired) electrons. The van der Waals surface area contributed by atoms with E-state index in [1.54, 1.807) is 0 Å². The Morgan fingerprint density at radius 3 is 1.46 bits per heavy atom. The first kappa shape index (κ1) is 27.5. The molecule has 0 aliphatic rings. The maximum atomic E-state index is 13.1. The molecule has 0 saturated heterocycles. The van der Waals surface area contributed by atoms with Crippen LogP contribution in [0.3, 0.4) is 0 Å². The molecule has 0 aromatic carbocycles. The van der Waals surface area contributed by atoms with Gasteiger partial charge in [-0.1, -0.05) is 30.1 Å². The molecule has 0 spiro atoms. The third kappa shape index (κ3) is 10.5. The molecule has 160 valence electrons. The minimum Gasteiger partial charge on any atom is -0.323 e. The number of alkyl halides is 7. The molecule has 0 fully saturated rings. The van der Waals surface area contributed by atoms with Gasteiger partial charge < -0.3 is 5.32 Å². The summed E-state index contributed by atoms with van der Waals surface area (Å²) in [4.78, 5) is 0. The van der Waals surface area contributed by atoms with E-state index in [9.17, 15) is 43.7 Å². The van der Waals surface area contributed by atoms with Crippen LogP contribution in [0.5, 0.6) is 0 Å². The maximum Gasteiger partial charge on any atom is 0.434 e. The Morgan fingerprint density at radius 2 is 1.12 bits per heavy atom. The third-order valence-electron chi connectivity index (χ3n) is 3.02. The van der Waals surface area contributed by atoms with Crippen LogP contribution in [-0.2, 0) is 14.5 Å². The fourth-order valence-corrected chi connectivity index (χ4v) is 2.29. The second kappa shape index (κ2) is 11.9. The van der Waals surface area contributed by atoms with Crippen LogP contribution in [-0.4, -0.2) is 39.9 Å². The van der Waals surface area contributed by atoms with E-state index in [1.165, 1.54) is 0 Å². The van der Waals surface area contributed by atoms with Gasteiger partial charge in [-0.2, -0.15) is 39.2 Å². The van der Waals surface area contributed by atoms with Crippen molar-refractivity contribution in [1.29, 1.82) is 0 Å². The summed E-state index contributed by atoms with van der Waals surface area (Å²) in [6.07, 6.45) is -6.64. The van der Waals surface area contributed by atoms with Crippen molar-refractivity contribution in [2.45, 2.75) is 68.7 Å². The van der Waals surface area contributed by atoms with Gasteiger partial charge in [0.05, 0.1) is 0 Å². The van der Waals surface area contributed by atoms with Crippen molar-refractivity contribution in [2.75, 3.05) is 14.1 Å². The molecule has 0 aliphatic carbocycles. The fraction of sp³-hybridized carbons (Fsp3) is 1.00. The summed E-state index contributed by atoms with van der Waals surface area (Å²) in [5.41, 5.74) is 0. The van der Waals surface area contributed by atoms with Gasteiger partial charge in [-0.25, -0.2) is 0 Å². The molecule has 0 aliphatic heterocycles. The van der Waals surface area contributed by atoms with Crippen molar-refractivity contribution in [3.8, 4) is 0 Å². The Hall–Kier alpha value is -0.690. The lowest BCUT2D eigenvalue weighted by atomic mass is 10.1. The van der Waals surface area contributed by atoms with Crippen molar-refractivity contribution < 1.29 is 48.1 Å². The van der Waals surface area contributed by atoms with Crippen LogP contribution in [0, 0.1) is 0 Å². The number of halogens is 8. The summed E-state index contributed by atoms with van der Waals surface area (Å²) >= 11 is 0. The van der Waals surface area contributed by atoms with Crippen molar-refractivity contribution >= 4 is 10.1 Å². The molecule has 0 rings (SSSR count). The van der Waals surface area contributed by atoms with Crippen LogP contribution >= 0.6 is 0 Å². The van der Waals surface area contributed by atoms with Gasteiger partial charge in [-0.05, 0) is 31.5 Å². The van der Waals surface area contributed by atoms with E-state index in [-0.39, 0.29) is 25.7 Å². The van der Waals surface area contributed by atoms with Gasteiger partial charge in [0.1, 0.15) is 0 Å². The highest BCUT2D eigenvalue weighted by Crippen LogP contribution is 2.43. The SMILES string of the molecule is CNC.O=S(=O)(OF)C(F)(F)C(F)(F)CCCCCCCCC(F)(F)F. The van der Waals surface area contributed by atoms with Crippen LogP contribution in [0.2, 0.25) is 0 Å². The second-order valence-corrected chi connectivity index (χ2v) is 7.02. The molecule has 0 aromatic heterocycles. The molecule has 26 heavy (non-hydrogen) atoms. The summed E-state index contributed by atoms with van der Waals surface area (Å²) in [5.74, 6) is -5.02. The molecule has 0 aromatic rings. The van der Waals surface area contributed by atoms with Crippen LogP contribution in [0.25, 0.3) is 0 Å². The van der Waals surface area contributed by atoms with Gasteiger partial charge in [0.15, 0.2) is 0 Å². The average molecular weight is 425 g/mol. The topological polar surface area (TPSA) is 55.4 Å². The van der Waals surface area contributed by atoms with E-state index in [0.717, 1.165) is 0 Å². The van der Waals surface area contributed by atoms with E-state index in [4.69, 9.17) is 0 Å². The fourth-order valence-electron chi connectivity index (χ4n) is 1.75. The lowest BCUT2D eigenvalue weighted by Gasteiger charge is -2.23. The maximum absolute atomic E-state index is 13.1. The molecule has 0 bridgehead atoms. The van der Waals surface area contributed by atoms with Crippen molar-refractivity contribution in [2.24, 2.45) is 0 Å². The largest absolute Gasteiger partial charge is 0.434 e. The predicted octanol–water partition coefficient (Wildman–Crippen LogP) is 4.96. The van der Waals surface area contributed by atoms with E-state index >= 15 is 0 Å². The Morgan fingerprint density at radius 1 is 0.769 bits per heavy atom. The van der Waals surface area contributed by atoms with E-state index < -0.39 is 46.7 Å². The number of unbranched alkanes of at least 4 members (excludes halogenated alkanes) is 5. The lowest BCUT2D eigenvalue weighted by molar-refractivity contribution is -0.173. The average Bonchev–Trinajstić information content (AvgIpc) is 2.49. The predicted molar refractivity (Wildman–Crippen MR) is 79.0 cm³/mol. The quantitative estimate of drug-likeness (QED) is 0.375. The molecule has 13 heteroatoms. The zero-order valence-corrected chi connectivity index (χ0v) is 15.1. The molecule has 0 unspecified atom stereocenters. The zero-order chi connectivity index (χ0) is 21.1. The first-order valence-electron chi connectivity index (χ1n) is 7.64. The molecule has 1 N–H and O–H groups in total. The van der Waals surface area contributed by atoms with E-state index in [0.29, 0.717) is 6.42 Å².